The third-order valence-electron chi connectivity index (χ3n) is 2.24. The molecule has 0 aliphatic carbocycles. The molecule has 2 rings (SSSR count). The number of aromatic nitrogens is 4. The molecule has 1 amide bonds. The highest BCUT2D eigenvalue weighted by Crippen LogP contribution is 1.97. The Hall–Kier alpha value is -2.77. The molecule has 0 unspecified atom stereocenters. The van der Waals surface area contributed by atoms with Gasteiger partial charge in [0.15, 0.2) is 5.69 Å². The van der Waals surface area contributed by atoms with Crippen LogP contribution in [0.3, 0.4) is 0 Å². The van der Waals surface area contributed by atoms with Crippen LogP contribution in [0.1, 0.15) is 16.1 Å². The third-order valence-corrected chi connectivity index (χ3v) is 2.24. The SMILES string of the molecule is O=C(O)Cn1cc(C(=O)NCc2cccnc2)nn1. The van der Waals surface area contributed by atoms with Gasteiger partial charge in [-0.3, -0.25) is 14.6 Å². The van der Waals surface area contributed by atoms with Crippen LogP contribution in [0.25, 0.3) is 0 Å². The van der Waals surface area contributed by atoms with Crippen molar-refractivity contribution in [1.82, 2.24) is 25.3 Å². The van der Waals surface area contributed by atoms with Gasteiger partial charge >= 0.3 is 5.97 Å². The smallest absolute Gasteiger partial charge is 0.325 e. The average molecular weight is 261 g/mol. The maximum Gasteiger partial charge on any atom is 0.325 e. The van der Waals surface area contributed by atoms with Gasteiger partial charge in [-0.2, -0.15) is 0 Å². The molecule has 0 saturated carbocycles. The van der Waals surface area contributed by atoms with E-state index in [4.69, 9.17) is 5.11 Å². The van der Waals surface area contributed by atoms with Crippen molar-refractivity contribution in [1.29, 1.82) is 0 Å². The van der Waals surface area contributed by atoms with Gasteiger partial charge in [0.25, 0.3) is 5.91 Å². The minimum Gasteiger partial charge on any atom is -0.480 e. The van der Waals surface area contributed by atoms with E-state index in [1.807, 2.05) is 6.07 Å². The van der Waals surface area contributed by atoms with Crippen molar-refractivity contribution in [2.24, 2.45) is 0 Å². The van der Waals surface area contributed by atoms with Crippen molar-refractivity contribution in [3.8, 4) is 0 Å². The summed E-state index contributed by atoms with van der Waals surface area (Å²) in [5.74, 6) is -1.47. The number of carbonyl (C=O) groups is 2. The first-order valence-corrected chi connectivity index (χ1v) is 5.44. The summed E-state index contributed by atoms with van der Waals surface area (Å²) in [6.07, 6.45) is 4.57. The normalized spacial score (nSPS) is 10.1. The lowest BCUT2D eigenvalue weighted by atomic mass is 10.3. The molecule has 19 heavy (non-hydrogen) atoms. The largest absolute Gasteiger partial charge is 0.480 e. The molecule has 98 valence electrons. The van der Waals surface area contributed by atoms with Crippen LogP contribution in [0.15, 0.2) is 30.7 Å². The van der Waals surface area contributed by atoms with Crippen molar-refractivity contribution in [2.75, 3.05) is 0 Å². The van der Waals surface area contributed by atoms with Crippen LogP contribution in [0.2, 0.25) is 0 Å². The van der Waals surface area contributed by atoms with E-state index in [9.17, 15) is 9.59 Å². The minimum absolute atomic E-state index is 0.0742. The molecule has 2 aromatic rings. The molecule has 0 atom stereocenters. The lowest BCUT2D eigenvalue weighted by molar-refractivity contribution is -0.137. The van der Waals surface area contributed by atoms with E-state index >= 15 is 0 Å². The first-order valence-electron chi connectivity index (χ1n) is 5.44. The Labute approximate surface area is 108 Å². The number of carbonyl (C=O) groups excluding carboxylic acids is 1. The molecule has 2 heterocycles. The fourth-order valence-electron chi connectivity index (χ4n) is 1.39. The Morgan fingerprint density at radius 1 is 1.42 bits per heavy atom. The van der Waals surface area contributed by atoms with Crippen LogP contribution in [-0.4, -0.2) is 37.0 Å². The fourth-order valence-corrected chi connectivity index (χ4v) is 1.39. The molecule has 0 bridgehead atoms. The Balaban J connectivity index is 1.93. The first-order chi connectivity index (χ1) is 9.15. The number of nitrogens with one attached hydrogen (secondary N) is 1. The van der Waals surface area contributed by atoms with Crippen molar-refractivity contribution in [2.45, 2.75) is 13.1 Å². The molecule has 8 heteroatoms. The highest BCUT2D eigenvalue weighted by molar-refractivity contribution is 5.91. The fraction of sp³-hybridized carbons (Fsp3) is 0.182. The molecule has 0 fully saturated rings. The molecule has 8 nitrogen and oxygen atoms in total. The summed E-state index contributed by atoms with van der Waals surface area (Å²) in [6, 6.07) is 3.60. The van der Waals surface area contributed by atoms with Crippen molar-refractivity contribution >= 4 is 11.9 Å². The van der Waals surface area contributed by atoms with Gasteiger partial charge < -0.3 is 10.4 Å². The zero-order valence-corrected chi connectivity index (χ0v) is 9.85. The van der Waals surface area contributed by atoms with Crippen molar-refractivity contribution < 1.29 is 14.7 Å². The summed E-state index contributed by atoms with van der Waals surface area (Å²) >= 11 is 0. The van der Waals surface area contributed by atoms with Gasteiger partial charge in [0, 0.05) is 18.9 Å². The molecule has 0 aliphatic heterocycles. The van der Waals surface area contributed by atoms with Crippen molar-refractivity contribution in [3.05, 3.63) is 42.0 Å². The third kappa shape index (κ3) is 3.60. The summed E-state index contributed by atoms with van der Waals surface area (Å²) in [5, 5.41) is 18.4. The predicted octanol–water partition coefficient (Wildman–Crippen LogP) is -0.312. The Morgan fingerprint density at radius 2 is 2.26 bits per heavy atom. The van der Waals surface area contributed by atoms with Crippen LogP contribution in [0.4, 0.5) is 0 Å². The van der Waals surface area contributed by atoms with Crippen LogP contribution >= 0.6 is 0 Å². The molecular weight excluding hydrogens is 250 g/mol. The lowest BCUT2D eigenvalue weighted by Crippen LogP contribution is -2.23. The molecule has 2 aromatic heterocycles. The summed E-state index contributed by atoms with van der Waals surface area (Å²) in [4.78, 5) is 26.1. The van der Waals surface area contributed by atoms with Crippen molar-refractivity contribution in [3.63, 3.8) is 0 Å². The van der Waals surface area contributed by atoms with Crippen LogP contribution < -0.4 is 5.32 Å². The molecule has 0 aromatic carbocycles. The summed E-state index contributed by atoms with van der Waals surface area (Å²) in [5.41, 5.74) is 0.930. The zero-order valence-electron chi connectivity index (χ0n) is 9.85. The number of hydrogen-bond donors (Lipinski definition) is 2. The predicted molar refractivity (Wildman–Crippen MR) is 63.1 cm³/mol. The van der Waals surface area contributed by atoms with E-state index in [1.165, 1.54) is 6.20 Å². The molecule has 0 aliphatic rings. The lowest BCUT2D eigenvalue weighted by Gasteiger charge is -2.01. The maximum atomic E-state index is 11.7. The number of hydrogen-bond acceptors (Lipinski definition) is 5. The second kappa shape index (κ2) is 5.71. The number of rotatable bonds is 5. The Morgan fingerprint density at radius 3 is 2.95 bits per heavy atom. The molecule has 2 N–H and O–H groups in total. The second-order valence-corrected chi connectivity index (χ2v) is 3.74. The van der Waals surface area contributed by atoms with Gasteiger partial charge in [-0.05, 0) is 11.6 Å². The van der Waals surface area contributed by atoms with Crippen LogP contribution in [0, 0.1) is 0 Å². The number of aliphatic carboxylic acids is 1. The minimum atomic E-state index is -1.05. The number of amides is 1. The average Bonchev–Trinajstić information content (AvgIpc) is 2.85. The van der Waals surface area contributed by atoms with Gasteiger partial charge in [-0.1, -0.05) is 11.3 Å². The topological polar surface area (TPSA) is 110 Å². The monoisotopic (exact) mass is 261 g/mol. The quantitative estimate of drug-likeness (QED) is 0.763. The standard InChI is InChI=1S/C11H11N5O3/c17-10(18)7-16-6-9(14-15-16)11(19)13-5-8-2-1-3-12-4-8/h1-4,6H,5,7H2,(H,13,19)(H,17,18). The van der Waals surface area contributed by atoms with E-state index in [1.54, 1.807) is 18.5 Å². The summed E-state index contributed by atoms with van der Waals surface area (Å²) in [6.45, 7) is -0.0126. The maximum absolute atomic E-state index is 11.7. The first kappa shape index (κ1) is 12.7. The highest BCUT2D eigenvalue weighted by atomic mass is 16.4. The summed E-state index contributed by atoms with van der Waals surface area (Å²) < 4.78 is 1.08. The second-order valence-electron chi connectivity index (χ2n) is 3.74. The van der Waals surface area contributed by atoms with Crippen LogP contribution in [0.5, 0.6) is 0 Å². The van der Waals surface area contributed by atoms with Gasteiger partial charge in [0.1, 0.15) is 6.54 Å². The summed E-state index contributed by atoms with van der Waals surface area (Å²) in [7, 11) is 0. The van der Waals surface area contributed by atoms with Crippen LogP contribution in [-0.2, 0) is 17.9 Å². The molecule has 0 spiro atoms. The van der Waals surface area contributed by atoms with Gasteiger partial charge in [-0.25, -0.2) is 4.68 Å². The van der Waals surface area contributed by atoms with Gasteiger partial charge in [0.2, 0.25) is 0 Å². The van der Waals surface area contributed by atoms with E-state index in [2.05, 4.69) is 20.6 Å². The number of carboxylic acids is 1. The van der Waals surface area contributed by atoms with E-state index in [-0.39, 0.29) is 12.2 Å². The molecule has 0 saturated heterocycles. The zero-order chi connectivity index (χ0) is 13.7. The Bertz CT molecular complexity index is 581. The van der Waals surface area contributed by atoms with E-state index < -0.39 is 11.9 Å². The molecular formula is C11H11N5O3. The number of pyridine rings is 1. The number of nitrogens with zero attached hydrogens (tertiary/aromatic N) is 4. The molecule has 0 radical (unpaired) electrons. The van der Waals surface area contributed by atoms with Gasteiger partial charge in [0.05, 0.1) is 6.20 Å². The number of carboxylic acid groups (broad SMARTS) is 1. The Kier molecular flexibility index (Phi) is 3.81. The van der Waals surface area contributed by atoms with E-state index in [0.29, 0.717) is 6.54 Å². The van der Waals surface area contributed by atoms with Gasteiger partial charge in [-0.15, -0.1) is 5.10 Å². The van der Waals surface area contributed by atoms with E-state index in [0.717, 1.165) is 10.2 Å². The highest BCUT2D eigenvalue weighted by Gasteiger charge is 2.11.